The topological polar surface area (TPSA) is 63.4 Å². The van der Waals surface area contributed by atoms with E-state index >= 15 is 0 Å². The zero-order valence-corrected chi connectivity index (χ0v) is 12.4. The summed E-state index contributed by atoms with van der Waals surface area (Å²) >= 11 is 1.41. The Bertz CT molecular complexity index is 500. The van der Waals surface area contributed by atoms with Crippen LogP contribution in [0.1, 0.15) is 38.0 Å². The van der Waals surface area contributed by atoms with Crippen molar-refractivity contribution in [2.45, 2.75) is 56.6 Å². The Morgan fingerprint density at radius 1 is 1.39 bits per heavy atom. The van der Waals surface area contributed by atoms with Crippen LogP contribution in [0.4, 0.5) is 0 Å². The number of piperidine rings is 1. The van der Waals surface area contributed by atoms with Gasteiger partial charge in [0.05, 0.1) is 4.90 Å². The molecule has 1 fully saturated rings. The number of rotatable bonds is 3. The van der Waals surface area contributed by atoms with Crippen LogP contribution in [0.15, 0.2) is 16.3 Å². The Kier molecular flexibility index (Phi) is 4.11. The molecule has 0 amide bonds. The number of hydrogen-bond donors (Lipinski definition) is 1. The number of hydrogen-bond acceptors (Lipinski definition) is 4. The number of sulfonamides is 1. The van der Waals surface area contributed by atoms with Gasteiger partial charge in [-0.3, -0.25) is 0 Å². The minimum atomic E-state index is -3.36. The third kappa shape index (κ3) is 2.47. The summed E-state index contributed by atoms with van der Waals surface area (Å²) in [6.45, 7) is 4.37. The Balaban J connectivity index is 2.34. The molecule has 1 aromatic rings. The molecular formula is C12H20N2O2S2. The highest BCUT2D eigenvalue weighted by molar-refractivity contribution is 7.89. The zero-order chi connectivity index (χ0) is 13.3. The molecule has 0 radical (unpaired) electrons. The van der Waals surface area contributed by atoms with Crippen LogP contribution >= 0.6 is 11.3 Å². The first-order valence-electron chi connectivity index (χ1n) is 6.28. The number of nitrogens with two attached hydrogens (primary N) is 1. The predicted molar refractivity (Wildman–Crippen MR) is 74.0 cm³/mol. The molecule has 0 aromatic carbocycles. The summed E-state index contributed by atoms with van der Waals surface area (Å²) in [5.41, 5.74) is 5.54. The van der Waals surface area contributed by atoms with Gasteiger partial charge in [0, 0.05) is 28.9 Å². The van der Waals surface area contributed by atoms with E-state index in [1.54, 1.807) is 15.8 Å². The molecule has 4 nitrogen and oxygen atoms in total. The molecule has 18 heavy (non-hydrogen) atoms. The van der Waals surface area contributed by atoms with Gasteiger partial charge >= 0.3 is 0 Å². The lowest BCUT2D eigenvalue weighted by molar-refractivity contribution is 0.204. The summed E-state index contributed by atoms with van der Waals surface area (Å²) in [5, 5.41) is 1.70. The molecule has 2 atom stereocenters. The minimum absolute atomic E-state index is 0.0833. The van der Waals surface area contributed by atoms with Gasteiger partial charge in [0.1, 0.15) is 0 Å². The molecule has 102 valence electrons. The van der Waals surface area contributed by atoms with E-state index in [0.717, 1.165) is 24.1 Å². The van der Waals surface area contributed by atoms with Crippen molar-refractivity contribution in [2.24, 2.45) is 5.73 Å². The van der Waals surface area contributed by atoms with E-state index in [4.69, 9.17) is 5.73 Å². The molecule has 6 heteroatoms. The molecule has 1 aliphatic heterocycles. The van der Waals surface area contributed by atoms with Crippen molar-refractivity contribution in [1.82, 2.24) is 4.31 Å². The van der Waals surface area contributed by atoms with Crippen LogP contribution in [0.5, 0.6) is 0 Å². The van der Waals surface area contributed by atoms with Crippen LogP contribution in [0, 0.1) is 0 Å². The first-order chi connectivity index (χ1) is 8.46. The second-order valence-corrected chi connectivity index (χ2v) is 7.76. The molecule has 1 aliphatic rings. The van der Waals surface area contributed by atoms with Crippen molar-refractivity contribution in [3.63, 3.8) is 0 Å². The first kappa shape index (κ1) is 14.0. The Morgan fingerprint density at radius 2 is 2.00 bits per heavy atom. The van der Waals surface area contributed by atoms with E-state index in [0.29, 0.717) is 11.4 Å². The van der Waals surface area contributed by atoms with E-state index in [9.17, 15) is 8.42 Å². The summed E-state index contributed by atoms with van der Waals surface area (Å²) in [7, 11) is -3.36. The van der Waals surface area contributed by atoms with Gasteiger partial charge in [0.2, 0.25) is 10.0 Å². The normalized spacial score (nSPS) is 26.4. The summed E-state index contributed by atoms with van der Waals surface area (Å²) in [5.74, 6) is 0. The van der Waals surface area contributed by atoms with E-state index in [1.807, 2.05) is 13.8 Å². The maximum Gasteiger partial charge on any atom is 0.244 e. The van der Waals surface area contributed by atoms with Crippen LogP contribution in [-0.4, -0.2) is 24.8 Å². The molecule has 0 bridgehead atoms. The van der Waals surface area contributed by atoms with E-state index in [1.165, 1.54) is 11.3 Å². The second-order valence-electron chi connectivity index (χ2n) is 4.92. The summed E-state index contributed by atoms with van der Waals surface area (Å²) in [6, 6.07) is 1.87. The monoisotopic (exact) mass is 288 g/mol. The largest absolute Gasteiger partial charge is 0.326 e. The van der Waals surface area contributed by atoms with Gasteiger partial charge in [-0.15, -0.1) is 11.3 Å². The van der Waals surface area contributed by atoms with Crippen LogP contribution in [0.25, 0.3) is 0 Å². The minimum Gasteiger partial charge on any atom is -0.326 e. The number of nitrogens with zero attached hydrogens (tertiary/aromatic N) is 1. The van der Waals surface area contributed by atoms with Crippen LogP contribution < -0.4 is 5.73 Å². The molecule has 2 N–H and O–H groups in total. The average molecular weight is 288 g/mol. The highest BCUT2D eigenvalue weighted by Crippen LogP contribution is 2.31. The fourth-order valence-corrected chi connectivity index (χ4v) is 5.62. The molecule has 1 aromatic heterocycles. The zero-order valence-electron chi connectivity index (χ0n) is 10.8. The molecule has 2 rings (SSSR count). The molecule has 0 spiro atoms. The fraction of sp³-hybridized carbons (Fsp3) is 0.667. The van der Waals surface area contributed by atoms with Gasteiger partial charge in [-0.25, -0.2) is 8.42 Å². The third-order valence-electron chi connectivity index (χ3n) is 3.52. The molecule has 0 aliphatic carbocycles. The Labute approximate surface area is 113 Å². The Hall–Kier alpha value is -0.430. The lowest BCUT2D eigenvalue weighted by atomic mass is 10.0. The quantitative estimate of drug-likeness (QED) is 0.927. The van der Waals surface area contributed by atoms with Gasteiger partial charge < -0.3 is 5.73 Å². The first-order valence-corrected chi connectivity index (χ1v) is 8.59. The summed E-state index contributed by atoms with van der Waals surface area (Å²) < 4.78 is 26.9. The smallest absolute Gasteiger partial charge is 0.244 e. The van der Waals surface area contributed by atoms with E-state index in [2.05, 4.69) is 0 Å². The van der Waals surface area contributed by atoms with E-state index < -0.39 is 10.0 Å². The third-order valence-corrected chi connectivity index (χ3v) is 6.73. The van der Waals surface area contributed by atoms with Gasteiger partial charge in [-0.05, 0) is 32.8 Å². The second kappa shape index (κ2) is 5.28. The van der Waals surface area contributed by atoms with Crippen molar-refractivity contribution in [1.29, 1.82) is 0 Å². The maximum absolute atomic E-state index is 12.6. The summed E-state index contributed by atoms with van der Waals surface area (Å²) in [4.78, 5) is 1.31. The lowest BCUT2D eigenvalue weighted by Crippen LogP contribution is -2.47. The molecule has 2 unspecified atom stereocenters. The fourth-order valence-electron chi connectivity index (χ4n) is 2.60. The van der Waals surface area contributed by atoms with Crippen molar-refractivity contribution in [2.75, 3.05) is 0 Å². The van der Waals surface area contributed by atoms with Gasteiger partial charge in [-0.1, -0.05) is 6.42 Å². The molecule has 1 saturated heterocycles. The molecule has 2 heterocycles. The maximum atomic E-state index is 12.6. The van der Waals surface area contributed by atoms with Crippen LogP contribution in [0.3, 0.4) is 0 Å². The highest BCUT2D eigenvalue weighted by Gasteiger charge is 2.35. The average Bonchev–Trinajstić information content (AvgIpc) is 2.77. The van der Waals surface area contributed by atoms with Crippen molar-refractivity contribution in [3.05, 3.63) is 16.3 Å². The van der Waals surface area contributed by atoms with Gasteiger partial charge in [0.15, 0.2) is 0 Å². The predicted octanol–water partition coefficient (Wildman–Crippen LogP) is 2.16. The van der Waals surface area contributed by atoms with Gasteiger partial charge in [0.25, 0.3) is 0 Å². The van der Waals surface area contributed by atoms with Crippen LogP contribution in [-0.2, 0) is 16.6 Å². The SMILES string of the molecule is CC1CCCC(C)N1S(=O)(=O)c1csc(CN)c1. The Morgan fingerprint density at radius 3 is 2.50 bits per heavy atom. The molecule has 0 saturated carbocycles. The summed E-state index contributed by atoms with van der Waals surface area (Å²) in [6.07, 6.45) is 2.99. The molecular weight excluding hydrogens is 268 g/mol. The highest BCUT2D eigenvalue weighted by atomic mass is 32.2. The van der Waals surface area contributed by atoms with Crippen molar-refractivity contribution >= 4 is 21.4 Å². The standard InChI is InChI=1S/C12H20N2O2S2/c1-9-4-3-5-10(2)14(9)18(15,16)12-6-11(7-13)17-8-12/h6,8-10H,3-5,7,13H2,1-2H3. The van der Waals surface area contributed by atoms with Crippen molar-refractivity contribution in [3.8, 4) is 0 Å². The van der Waals surface area contributed by atoms with Gasteiger partial charge in [-0.2, -0.15) is 4.31 Å². The van der Waals surface area contributed by atoms with Crippen LogP contribution in [0.2, 0.25) is 0 Å². The number of thiophene rings is 1. The van der Waals surface area contributed by atoms with E-state index in [-0.39, 0.29) is 12.1 Å². The lowest BCUT2D eigenvalue weighted by Gasteiger charge is -2.37. The van der Waals surface area contributed by atoms with Crippen molar-refractivity contribution < 1.29 is 8.42 Å².